The van der Waals surface area contributed by atoms with E-state index in [1.165, 1.54) is 4.90 Å². The summed E-state index contributed by atoms with van der Waals surface area (Å²) < 4.78 is 0. The molecule has 1 unspecified atom stereocenters. The second kappa shape index (κ2) is 3.87. The normalized spacial score (nSPS) is 24.7. The van der Waals surface area contributed by atoms with Gasteiger partial charge in [0.05, 0.1) is 5.92 Å². The molecule has 1 aliphatic heterocycles. The first-order valence-corrected chi connectivity index (χ1v) is 5.93. The zero-order chi connectivity index (χ0) is 11.8. The van der Waals surface area contributed by atoms with Gasteiger partial charge in [0, 0.05) is 12.6 Å². The number of rotatable bonds is 2. The Kier molecular flexibility index (Phi) is 2.35. The molecule has 1 N–H and O–H groups in total. The van der Waals surface area contributed by atoms with E-state index in [1.54, 1.807) is 0 Å². The fraction of sp³-hybridized carbons (Fsp3) is 0.385. The number of amides is 3. The third-order valence-corrected chi connectivity index (χ3v) is 3.33. The number of imide groups is 1. The molecule has 3 amide bonds. The van der Waals surface area contributed by atoms with Gasteiger partial charge in [-0.15, -0.1) is 0 Å². The number of carbonyl (C=O) groups excluding carboxylic acids is 2. The molecule has 0 bridgehead atoms. The number of benzene rings is 1. The molecule has 3 rings (SSSR count). The monoisotopic (exact) mass is 230 g/mol. The number of nitrogens with one attached hydrogen (secondary N) is 1. The van der Waals surface area contributed by atoms with Gasteiger partial charge in [-0.3, -0.25) is 9.69 Å². The molecule has 1 heterocycles. The second-order valence-electron chi connectivity index (χ2n) is 4.59. The van der Waals surface area contributed by atoms with E-state index >= 15 is 0 Å². The Morgan fingerprint density at radius 1 is 1.12 bits per heavy atom. The predicted molar refractivity (Wildman–Crippen MR) is 62.4 cm³/mol. The van der Waals surface area contributed by atoms with Crippen LogP contribution in [0.4, 0.5) is 4.79 Å². The molecule has 17 heavy (non-hydrogen) atoms. The minimum Gasteiger partial charge on any atom is -0.336 e. The first kappa shape index (κ1) is 10.3. The van der Waals surface area contributed by atoms with E-state index in [0.717, 1.165) is 18.4 Å². The molecule has 4 heteroatoms. The Bertz CT molecular complexity index is 454. The van der Waals surface area contributed by atoms with Gasteiger partial charge < -0.3 is 5.32 Å². The van der Waals surface area contributed by atoms with Crippen LogP contribution in [0.25, 0.3) is 0 Å². The lowest BCUT2D eigenvalue weighted by atomic mass is 9.96. The van der Waals surface area contributed by atoms with E-state index in [1.807, 2.05) is 30.3 Å². The maximum atomic E-state index is 12.3. The fourth-order valence-electron chi connectivity index (χ4n) is 2.25. The Balaban J connectivity index is 1.87. The number of urea groups is 1. The maximum absolute atomic E-state index is 12.3. The molecule has 1 aliphatic carbocycles. The lowest BCUT2D eigenvalue weighted by molar-refractivity contribution is -0.131. The van der Waals surface area contributed by atoms with Crippen LogP contribution in [0.1, 0.15) is 24.3 Å². The van der Waals surface area contributed by atoms with Gasteiger partial charge in [0.1, 0.15) is 0 Å². The molecule has 2 aliphatic rings. The SMILES string of the molecule is O=C1NCC(c2ccccc2)C(=O)N1C1CC1. The van der Waals surface area contributed by atoms with Crippen molar-refractivity contribution in [1.82, 2.24) is 10.2 Å². The van der Waals surface area contributed by atoms with Crippen LogP contribution in [0.2, 0.25) is 0 Å². The van der Waals surface area contributed by atoms with Crippen LogP contribution < -0.4 is 5.32 Å². The molecule has 4 nitrogen and oxygen atoms in total. The molecular formula is C13H14N2O2. The first-order chi connectivity index (χ1) is 8.27. The van der Waals surface area contributed by atoms with Crippen LogP contribution in [-0.2, 0) is 4.79 Å². The van der Waals surface area contributed by atoms with Gasteiger partial charge in [0.15, 0.2) is 0 Å². The molecule has 1 aromatic carbocycles. The van der Waals surface area contributed by atoms with Crippen molar-refractivity contribution in [2.24, 2.45) is 0 Å². The molecule has 0 spiro atoms. The molecule has 1 atom stereocenters. The van der Waals surface area contributed by atoms with Crippen LogP contribution in [0.5, 0.6) is 0 Å². The van der Waals surface area contributed by atoms with Crippen molar-refractivity contribution in [1.29, 1.82) is 0 Å². The fourth-order valence-corrected chi connectivity index (χ4v) is 2.25. The number of hydrogen-bond acceptors (Lipinski definition) is 2. The summed E-state index contributed by atoms with van der Waals surface area (Å²) in [6.07, 6.45) is 1.89. The topological polar surface area (TPSA) is 49.4 Å². The first-order valence-electron chi connectivity index (χ1n) is 5.93. The summed E-state index contributed by atoms with van der Waals surface area (Å²) in [4.78, 5) is 25.3. The average Bonchev–Trinajstić information content (AvgIpc) is 3.15. The molecule has 0 aromatic heterocycles. The van der Waals surface area contributed by atoms with Crippen molar-refractivity contribution in [3.63, 3.8) is 0 Å². The van der Waals surface area contributed by atoms with Crippen LogP contribution in [0.15, 0.2) is 30.3 Å². The van der Waals surface area contributed by atoms with Crippen molar-refractivity contribution in [2.75, 3.05) is 6.54 Å². The summed E-state index contributed by atoms with van der Waals surface area (Å²) in [6.45, 7) is 0.408. The van der Waals surface area contributed by atoms with Gasteiger partial charge in [-0.25, -0.2) is 4.79 Å². The highest BCUT2D eigenvalue weighted by molar-refractivity contribution is 6.01. The maximum Gasteiger partial charge on any atom is 0.324 e. The Hall–Kier alpha value is -1.84. The van der Waals surface area contributed by atoms with E-state index in [9.17, 15) is 9.59 Å². The molecule has 1 saturated carbocycles. The summed E-state index contributed by atoms with van der Waals surface area (Å²) in [5.74, 6) is -0.281. The van der Waals surface area contributed by atoms with Crippen LogP contribution in [0.3, 0.4) is 0 Å². The molecule has 1 saturated heterocycles. The van der Waals surface area contributed by atoms with Gasteiger partial charge in [-0.05, 0) is 18.4 Å². The molecule has 0 radical (unpaired) electrons. The molecular weight excluding hydrogens is 216 g/mol. The molecule has 1 aromatic rings. The highest BCUT2D eigenvalue weighted by atomic mass is 16.2. The van der Waals surface area contributed by atoms with Gasteiger partial charge in [-0.1, -0.05) is 30.3 Å². The van der Waals surface area contributed by atoms with Crippen molar-refractivity contribution >= 4 is 11.9 Å². The van der Waals surface area contributed by atoms with Gasteiger partial charge in [-0.2, -0.15) is 0 Å². The lowest BCUT2D eigenvalue weighted by Crippen LogP contribution is -2.54. The highest BCUT2D eigenvalue weighted by Gasteiger charge is 2.43. The highest BCUT2D eigenvalue weighted by Crippen LogP contribution is 2.32. The van der Waals surface area contributed by atoms with Crippen molar-refractivity contribution in [2.45, 2.75) is 24.8 Å². The molecule has 88 valence electrons. The standard InChI is InChI=1S/C13H14N2O2/c16-12-11(9-4-2-1-3-5-9)8-14-13(17)15(12)10-6-7-10/h1-5,10-11H,6-8H2,(H,14,17). The number of carbonyl (C=O) groups is 2. The van der Waals surface area contributed by atoms with Gasteiger partial charge >= 0.3 is 6.03 Å². The van der Waals surface area contributed by atoms with Crippen molar-refractivity contribution in [3.8, 4) is 0 Å². The minimum atomic E-state index is -0.232. The minimum absolute atomic E-state index is 0.0533. The Morgan fingerprint density at radius 2 is 1.82 bits per heavy atom. The summed E-state index contributed by atoms with van der Waals surface area (Å²) in [5, 5.41) is 2.80. The molecule has 2 fully saturated rings. The lowest BCUT2D eigenvalue weighted by Gasteiger charge is -2.31. The smallest absolute Gasteiger partial charge is 0.324 e. The largest absolute Gasteiger partial charge is 0.336 e. The van der Waals surface area contributed by atoms with E-state index in [4.69, 9.17) is 0 Å². The van der Waals surface area contributed by atoms with Crippen molar-refractivity contribution in [3.05, 3.63) is 35.9 Å². The van der Waals surface area contributed by atoms with E-state index in [-0.39, 0.29) is 23.9 Å². The number of nitrogens with zero attached hydrogens (tertiary/aromatic N) is 1. The second-order valence-corrected chi connectivity index (χ2v) is 4.59. The van der Waals surface area contributed by atoms with Gasteiger partial charge in [0.25, 0.3) is 0 Å². The zero-order valence-corrected chi connectivity index (χ0v) is 9.43. The average molecular weight is 230 g/mol. The number of hydrogen-bond donors (Lipinski definition) is 1. The third kappa shape index (κ3) is 1.79. The van der Waals surface area contributed by atoms with Crippen LogP contribution in [0, 0.1) is 0 Å². The van der Waals surface area contributed by atoms with E-state index < -0.39 is 0 Å². The third-order valence-electron chi connectivity index (χ3n) is 3.33. The summed E-state index contributed by atoms with van der Waals surface area (Å²) in [7, 11) is 0. The predicted octanol–water partition coefficient (Wildman–Crippen LogP) is 1.48. The summed E-state index contributed by atoms with van der Waals surface area (Å²) >= 11 is 0. The summed E-state index contributed by atoms with van der Waals surface area (Å²) in [6, 6.07) is 9.53. The van der Waals surface area contributed by atoms with Gasteiger partial charge in [0.2, 0.25) is 5.91 Å². The Labute approximate surface area is 99.6 Å². The van der Waals surface area contributed by atoms with Crippen LogP contribution in [-0.4, -0.2) is 29.4 Å². The zero-order valence-electron chi connectivity index (χ0n) is 9.43. The van der Waals surface area contributed by atoms with Crippen molar-refractivity contribution < 1.29 is 9.59 Å². The van der Waals surface area contributed by atoms with Crippen LogP contribution >= 0.6 is 0 Å². The van der Waals surface area contributed by atoms with E-state index in [0.29, 0.717) is 6.54 Å². The Morgan fingerprint density at radius 3 is 2.47 bits per heavy atom. The summed E-state index contributed by atoms with van der Waals surface area (Å²) in [5.41, 5.74) is 0.975. The quantitative estimate of drug-likeness (QED) is 0.836. The van der Waals surface area contributed by atoms with E-state index in [2.05, 4.69) is 5.32 Å².